The van der Waals surface area contributed by atoms with Crippen LogP contribution in [0.15, 0.2) is 59.7 Å². The van der Waals surface area contributed by atoms with Crippen molar-refractivity contribution in [3.05, 3.63) is 77.0 Å². The molecule has 3 N–H and O–H groups in total. The van der Waals surface area contributed by atoms with E-state index in [9.17, 15) is 14.4 Å². The van der Waals surface area contributed by atoms with Crippen LogP contribution in [0, 0.1) is 5.92 Å². The van der Waals surface area contributed by atoms with E-state index in [1.54, 1.807) is 62.3 Å². The molecular weight excluding hydrogens is 492 g/mol. The van der Waals surface area contributed by atoms with Crippen LogP contribution in [-0.4, -0.2) is 80.1 Å². The van der Waals surface area contributed by atoms with Crippen LogP contribution in [0.3, 0.4) is 0 Å². The fourth-order valence-electron chi connectivity index (χ4n) is 5.22. The number of nitrogens with two attached hydrogens (primary N) is 1. The topological polar surface area (TPSA) is 111 Å². The second kappa shape index (κ2) is 12.3. The summed E-state index contributed by atoms with van der Waals surface area (Å²) < 4.78 is 0. The minimum Gasteiger partial charge on any atom is -0.405 e. The highest BCUT2D eigenvalue weighted by atomic mass is 16.2. The summed E-state index contributed by atoms with van der Waals surface area (Å²) in [5, 5.41) is 3.07. The molecule has 2 aromatic rings. The third kappa shape index (κ3) is 6.20. The van der Waals surface area contributed by atoms with Crippen molar-refractivity contribution in [3.8, 4) is 0 Å². The van der Waals surface area contributed by atoms with Gasteiger partial charge < -0.3 is 25.8 Å². The van der Waals surface area contributed by atoms with E-state index in [2.05, 4.69) is 22.3 Å². The van der Waals surface area contributed by atoms with Crippen LogP contribution in [0.25, 0.3) is 0 Å². The van der Waals surface area contributed by atoms with Gasteiger partial charge in [-0.05, 0) is 87.9 Å². The molecule has 39 heavy (non-hydrogen) atoms. The smallest absolute Gasteiger partial charge is 0.256 e. The maximum atomic E-state index is 13.7. The van der Waals surface area contributed by atoms with Crippen LogP contribution >= 0.6 is 0 Å². The van der Waals surface area contributed by atoms with Crippen LogP contribution in [0.2, 0.25) is 0 Å². The predicted octanol–water partition coefficient (Wildman–Crippen LogP) is 2.66. The molecule has 0 bridgehead atoms. The molecule has 0 aromatic heterocycles. The molecule has 0 radical (unpaired) electrons. The van der Waals surface area contributed by atoms with Crippen molar-refractivity contribution in [1.82, 2.24) is 15.1 Å². The quantitative estimate of drug-likeness (QED) is 0.535. The summed E-state index contributed by atoms with van der Waals surface area (Å²) >= 11 is 0. The van der Waals surface area contributed by atoms with Gasteiger partial charge in [-0.1, -0.05) is 18.2 Å². The Morgan fingerprint density at radius 2 is 1.85 bits per heavy atom. The van der Waals surface area contributed by atoms with Crippen molar-refractivity contribution in [2.24, 2.45) is 16.6 Å². The van der Waals surface area contributed by atoms with Gasteiger partial charge in [0.25, 0.3) is 11.8 Å². The van der Waals surface area contributed by atoms with Gasteiger partial charge in [-0.25, -0.2) is 0 Å². The molecule has 4 rings (SSSR count). The first-order chi connectivity index (χ1) is 18.7. The van der Waals surface area contributed by atoms with Gasteiger partial charge in [0, 0.05) is 38.3 Å². The number of rotatable bonds is 7. The third-order valence-corrected chi connectivity index (χ3v) is 7.73. The third-order valence-electron chi connectivity index (χ3n) is 7.73. The zero-order valence-corrected chi connectivity index (χ0v) is 23.2. The van der Waals surface area contributed by atoms with Crippen LogP contribution < -0.4 is 16.0 Å². The number of allylic oxidation sites excluding steroid dienone is 1. The number of amides is 3. The van der Waals surface area contributed by atoms with Gasteiger partial charge in [0.1, 0.15) is 6.04 Å². The molecule has 9 heteroatoms. The van der Waals surface area contributed by atoms with E-state index in [1.165, 1.54) is 11.1 Å². The van der Waals surface area contributed by atoms with Crippen molar-refractivity contribution in [2.75, 3.05) is 45.7 Å². The lowest BCUT2D eigenvalue weighted by atomic mass is 9.97. The Morgan fingerprint density at radius 1 is 1.10 bits per heavy atom. The SMILES string of the molecule is CN=C(C=CN)c1ccc2c(c1)N(C)C(=O)[C@@H](C)N(Cc1cccc(C(=O)NCC3CCN(C)CC3)c1)C2=O. The number of piperidine rings is 1. The summed E-state index contributed by atoms with van der Waals surface area (Å²) in [5.74, 6) is -0.0861. The number of hydrogen-bond acceptors (Lipinski definition) is 6. The molecule has 2 aliphatic rings. The molecule has 206 valence electrons. The monoisotopic (exact) mass is 530 g/mol. The molecule has 1 atom stereocenters. The molecule has 2 aliphatic heterocycles. The highest BCUT2D eigenvalue weighted by molar-refractivity contribution is 6.14. The molecule has 1 saturated heterocycles. The van der Waals surface area contributed by atoms with Crippen molar-refractivity contribution < 1.29 is 14.4 Å². The number of anilines is 1. The van der Waals surface area contributed by atoms with E-state index in [-0.39, 0.29) is 24.3 Å². The van der Waals surface area contributed by atoms with Crippen LogP contribution in [0.5, 0.6) is 0 Å². The Labute approximate surface area is 230 Å². The molecule has 0 unspecified atom stereocenters. The van der Waals surface area contributed by atoms with Gasteiger partial charge in [-0.3, -0.25) is 19.4 Å². The second-order valence-electron chi connectivity index (χ2n) is 10.4. The van der Waals surface area contributed by atoms with Gasteiger partial charge in [0.2, 0.25) is 5.91 Å². The van der Waals surface area contributed by atoms with Gasteiger partial charge >= 0.3 is 0 Å². The van der Waals surface area contributed by atoms with E-state index in [1.807, 2.05) is 12.1 Å². The average molecular weight is 531 g/mol. The van der Waals surface area contributed by atoms with Crippen molar-refractivity contribution in [2.45, 2.75) is 32.4 Å². The number of fused-ring (bicyclic) bond motifs is 1. The number of carbonyl (C=O) groups is 3. The largest absolute Gasteiger partial charge is 0.405 e. The molecule has 9 nitrogen and oxygen atoms in total. The number of aliphatic imine (C=N–C) groups is 1. The maximum Gasteiger partial charge on any atom is 0.256 e. The summed E-state index contributed by atoms with van der Waals surface area (Å²) in [5.41, 5.74) is 9.24. The van der Waals surface area contributed by atoms with Gasteiger partial charge in [0.15, 0.2) is 0 Å². The molecule has 0 aliphatic carbocycles. The lowest BCUT2D eigenvalue weighted by Gasteiger charge is -2.29. The van der Waals surface area contributed by atoms with E-state index < -0.39 is 6.04 Å². The number of hydrogen-bond donors (Lipinski definition) is 2. The number of nitrogens with one attached hydrogen (secondary N) is 1. The number of likely N-dealkylation sites (N-methyl/N-ethyl adjacent to an activating group) is 1. The Morgan fingerprint density at radius 3 is 2.54 bits per heavy atom. The number of nitrogens with zero attached hydrogens (tertiary/aromatic N) is 4. The highest BCUT2D eigenvalue weighted by Gasteiger charge is 2.36. The Bertz CT molecular complexity index is 1300. The maximum absolute atomic E-state index is 13.7. The first kappa shape index (κ1) is 28.0. The van der Waals surface area contributed by atoms with E-state index >= 15 is 0 Å². The second-order valence-corrected chi connectivity index (χ2v) is 10.4. The molecule has 1 fully saturated rings. The molecule has 0 spiro atoms. The van der Waals surface area contributed by atoms with Crippen LogP contribution in [0.1, 0.15) is 51.6 Å². The van der Waals surface area contributed by atoms with E-state index in [4.69, 9.17) is 5.73 Å². The summed E-state index contributed by atoms with van der Waals surface area (Å²) in [6, 6.07) is 11.9. The molecular formula is C30H38N6O3. The molecule has 0 saturated carbocycles. The van der Waals surface area contributed by atoms with Crippen LogP contribution in [-0.2, 0) is 11.3 Å². The van der Waals surface area contributed by atoms with Gasteiger partial charge in [0.05, 0.1) is 17.0 Å². The van der Waals surface area contributed by atoms with Crippen molar-refractivity contribution >= 4 is 29.1 Å². The average Bonchev–Trinajstić information content (AvgIpc) is 3.01. The zero-order chi connectivity index (χ0) is 28.1. The minimum absolute atomic E-state index is 0.125. The highest BCUT2D eigenvalue weighted by Crippen LogP contribution is 2.30. The standard InChI is InChI=1S/C30H38N6O3/c1-20-29(38)35(4)27-17-23(26(32-2)10-13-31)8-9-25(27)30(39)36(20)19-22-6-5-7-24(16-22)28(37)33-18-21-11-14-34(3)15-12-21/h5-10,13,16-17,20-21H,11-12,14-15,18-19,31H2,1-4H3,(H,33,37)/t20-/m1/s1. The molecule has 3 amide bonds. The molecule has 2 aromatic carbocycles. The van der Waals surface area contributed by atoms with Gasteiger partial charge in [-0.2, -0.15) is 0 Å². The van der Waals surface area contributed by atoms with E-state index in [0.717, 1.165) is 37.1 Å². The fourth-order valence-corrected chi connectivity index (χ4v) is 5.22. The molecule has 2 heterocycles. The Balaban J connectivity index is 1.53. The summed E-state index contributed by atoms with van der Waals surface area (Å²) in [6.07, 6.45) is 5.23. The lowest BCUT2D eigenvalue weighted by molar-refractivity contribution is -0.122. The van der Waals surface area contributed by atoms with Crippen LogP contribution in [0.4, 0.5) is 5.69 Å². The first-order valence-corrected chi connectivity index (χ1v) is 13.4. The van der Waals surface area contributed by atoms with Crippen molar-refractivity contribution in [1.29, 1.82) is 0 Å². The Hall–Kier alpha value is -3.98. The first-order valence-electron chi connectivity index (χ1n) is 13.4. The fraction of sp³-hybridized carbons (Fsp3) is 0.400. The minimum atomic E-state index is -0.691. The number of likely N-dealkylation sites (tertiary alicyclic amines) is 1. The summed E-state index contributed by atoms with van der Waals surface area (Å²) in [6.45, 7) is 4.69. The Kier molecular flexibility index (Phi) is 8.81. The van der Waals surface area contributed by atoms with E-state index in [0.29, 0.717) is 35.0 Å². The zero-order valence-electron chi connectivity index (χ0n) is 23.2. The van der Waals surface area contributed by atoms with Gasteiger partial charge in [-0.15, -0.1) is 0 Å². The summed E-state index contributed by atoms with van der Waals surface area (Å²) in [7, 11) is 5.46. The number of carbonyl (C=O) groups excluding carboxylic acids is 3. The van der Waals surface area contributed by atoms with Crippen molar-refractivity contribution in [3.63, 3.8) is 0 Å². The normalized spacial score (nSPS) is 19.4. The number of benzene rings is 2. The lowest BCUT2D eigenvalue weighted by Crippen LogP contribution is -2.45. The summed E-state index contributed by atoms with van der Waals surface area (Å²) in [4.78, 5) is 49.7. The predicted molar refractivity (Wildman–Crippen MR) is 154 cm³/mol.